The normalized spacial score (nSPS) is 17.9. The SMILES string of the molecule is CC(C)(C)NC(=O)CN1CCN(S(=O)(=O)c2ccccc2)CC1. The van der Waals surface area contributed by atoms with Gasteiger partial charge in [-0.2, -0.15) is 4.31 Å². The van der Waals surface area contributed by atoms with Crippen LogP contribution in [0.2, 0.25) is 0 Å². The van der Waals surface area contributed by atoms with Gasteiger partial charge < -0.3 is 5.32 Å². The summed E-state index contributed by atoms with van der Waals surface area (Å²) in [6, 6.07) is 8.46. The zero-order valence-corrected chi connectivity index (χ0v) is 14.8. The number of piperazine rings is 1. The smallest absolute Gasteiger partial charge is 0.243 e. The number of sulfonamides is 1. The first-order valence-corrected chi connectivity index (χ1v) is 9.21. The maximum Gasteiger partial charge on any atom is 0.243 e. The van der Waals surface area contributed by atoms with Gasteiger partial charge in [0.1, 0.15) is 0 Å². The minimum absolute atomic E-state index is 0.0307. The minimum Gasteiger partial charge on any atom is -0.350 e. The summed E-state index contributed by atoms with van der Waals surface area (Å²) in [5, 5.41) is 2.92. The molecule has 0 aromatic heterocycles. The predicted molar refractivity (Wildman–Crippen MR) is 89.5 cm³/mol. The number of carbonyl (C=O) groups excluding carboxylic acids is 1. The number of carbonyl (C=O) groups is 1. The monoisotopic (exact) mass is 339 g/mol. The van der Waals surface area contributed by atoms with E-state index in [1.54, 1.807) is 30.3 Å². The molecular formula is C16H25N3O3S. The molecular weight excluding hydrogens is 314 g/mol. The van der Waals surface area contributed by atoms with E-state index in [4.69, 9.17) is 0 Å². The molecule has 0 unspecified atom stereocenters. The fraction of sp³-hybridized carbons (Fsp3) is 0.562. The fourth-order valence-electron chi connectivity index (χ4n) is 2.53. The Hall–Kier alpha value is -1.44. The van der Waals surface area contributed by atoms with E-state index in [1.807, 2.05) is 25.7 Å². The molecule has 0 bridgehead atoms. The Labute approximate surface area is 138 Å². The third kappa shape index (κ3) is 5.02. The summed E-state index contributed by atoms with van der Waals surface area (Å²) in [5.41, 5.74) is -0.254. The highest BCUT2D eigenvalue weighted by molar-refractivity contribution is 7.89. The topological polar surface area (TPSA) is 69.7 Å². The Morgan fingerprint density at radius 2 is 1.65 bits per heavy atom. The summed E-state index contributed by atoms with van der Waals surface area (Å²) in [4.78, 5) is 14.2. The van der Waals surface area contributed by atoms with Crippen molar-refractivity contribution in [2.45, 2.75) is 31.2 Å². The Morgan fingerprint density at radius 1 is 1.09 bits per heavy atom. The van der Waals surface area contributed by atoms with E-state index in [9.17, 15) is 13.2 Å². The summed E-state index contributed by atoms with van der Waals surface area (Å²) in [6.07, 6.45) is 0. The van der Waals surface area contributed by atoms with E-state index in [1.165, 1.54) is 4.31 Å². The van der Waals surface area contributed by atoms with Crippen LogP contribution in [0.3, 0.4) is 0 Å². The molecule has 1 aliphatic heterocycles. The van der Waals surface area contributed by atoms with Gasteiger partial charge in [0.15, 0.2) is 0 Å². The summed E-state index contributed by atoms with van der Waals surface area (Å²) in [7, 11) is -3.44. The Balaban J connectivity index is 1.90. The van der Waals surface area contributed by atoms with E-state index in [-0.39, 0.29) is 11.4 Å². The highest BCUT2D eigenvalue weighted by Gasteiger charge is 2.29. The van der Waals surface area contributed by atoms with E-state index in [0.717, 1.165) is 0 Å². The highest BCUT2D eigenvalue weighted by Crippen LogP contribution is 2.17. The zero-order chi connectivity index (χ0) is 17.1. The van der Waals surface area contributed by atoms with Crippen molar-refractivity contribution in [1.82, 2.24) is 14.5 Å². The van der Waals surface area contributed by atoms with Crippen LogP contribution in [-0.2, 0) is 14.8 Å². The minimum atomic E-state index is -3.44. The van der Waals surface area contributed by atoms with E-state index in [0.29, 0.717) is 37.6 Å². The molecule has 1 fully saturated rings. The van der Waals surface area contributed by atoms with Crippen LogP contribution in [0.4, 0.5) is 0 Å². The lowest BCUT2D eigenvalue weighted by Crippen LogP contribution is -2.52. The van der Waals surface area contributed by atoms with Gasteiger partial charge in [0, 0.05) is 31.7 Å². The standard InChI is InChI=1S/C16H25N3O3S/c1-16(2,3)17-15(20)13-18-9-11-19(12-10-18)23(21,22)14-7-5-4-6-8-14/h4-8H,9-13H2,1-3H3,(H,17,20). The molecule has 0 radical (unpaired) electrons. The lowest BCUT2D eigenvalue weighted by molar-refractivity contribution is -0.123. The number of hydrogen-bond acceptors (Lipinski definition) is 4. The first kappa shape index (κ1) is 17.9. The molecule has 0 atom stereocenters. The molecule has 7 heteroatoms. The van der Waals surface area contributed by atoms with Gasteiger partial charge >= 0.3 is 0 Å². The molecule has 1 heterocycles. The van der Waals surface area contributed by atoms with Crippen LogP contribution >= 0.6 is 0 Å². The van der Waals surface area contributed by atoms with Crippen molar-refractivity contribution in [3.05, 3.63) is 30.3 Å². The second-order valence-corrected chi connectivity index (χ2v) is 8.73. The van der Waals surface area contributed by atoms with Gasteiger partial charge in [-0.15, -0.1) is 0 Å². The molecule has 1 saturated heterocycles. The van der Waals surface area contributed by atoms with Gasteiger partial charge in [-0.25, -0.2) is 8.42 Å². The van der Waals surface area contributed by atoms with Crippen LogP contribution in [0.1, 0.15) is 20.8 Å². The molecule has 0 spiro atoms. The molecule has 128 valence electrons. The third-order valence-corrected chi connectivity index (χ3v) is 5.51. The molecule has 0 saturated carbocycles. The summed E-state index contributed by atoms with van der Waals surface area (Å²) >= 11 is 0. The summed E-state index contributed by atoms with van der Waals surface area (Å²) in [5.74, 6) is -0.0307. The lowest BCUT2D eigenvalue weighted by atomic mass is 10.1. The van der Waals surface area contributed by atoms with Crippen molar-refractivity contribution in [3.8, 4) is 0 Å². The van der Waals surface area contributed by atoms with Crippen LogP contribution in [0, 0.1) is 0 Å². The van der Waals surface area contributed by atoms with Crippen molar-refractivity contribution in [3.63, 3.8) is 0 Å². The maximum absolute atomic E-state index is 12.5. The van der Waals surface area contributed by atoms with E-state index < -0.39 is 10.0 Å². The predicted octanol–water partition coefficient (Wildman–Crippen LogP) is 0.908. The van der Waals surface area contributed by atoms with Crippen LogP contribution in [0.15, 0.2) is 35.2 Å². The molecule has 2 rings (SSSR count). The van der Waals surface area contributed by atoms with Crippen LogP contribution in [0.25, 0.3) is 0 Å². The van der Waals surface area contributed by atoms with Crippen LogP contribution in [0.5, 0.6) is 0 Å². The van der Waals surface area contributed by atoms with Crippen LogP contribution in [-0.4, -0.2) is 61.8 Å². The Morgan fingerprint density at radius 3 is 2.17 bits per heavy atom. The second-order valence-electron chi connectivity index (χ2n) is 6.79. The molecule has 6 nitrogen and oxygen atoms in total. The zero-order valence-electron chi connectivity index (χ0n) is 13.9. The fourth-order valence-corrected chi connectivity index (χ4v) is 3.97. The third-order valence-electron chi connectivity index (χ3n) is 3.59. The molecule has 0 aliphatic carbocycles. The van der Waals surface area contributed by atoms with Crippen molar-refractivity contribution in [2.75, 3.05) is 32.7 Å². The van der Waals surface area contributed by atoms with Crippen LogP contribution < -0.4 is 5.32 Å². The van der Waals surface area contributed by atoms with E-state index in [2.05, 4.69) is 5.32 Å². The number of benzene rings is 1. The average Bonchev–Trinajstić information content (AvgIpc) is 2.46. The number of nitrogens with zero attached hydrogens (tertiary/aromatic N) is 2. The van der Waals surface area contributed by atoms with Gasteiger partial charge in [-0.05, 0) is 32.9 Å². The second kappa shape index (κ2) is 6.98. The van der Waals surface area contributed by atoms with Crippen molar-refractivity contribution >= 4 is 15.9 Å². The first-order valence-electron chi connectivity index (χ1n) is 7.77. The van der Waals surface area contributed by atoms with Crippen molar-refractivity contribution < 1.29 is 13.2 Å². The lowest BCUT2D eigenvalue weighted by Gasteiger charge is -2.34. The molecule has 23 heavy (non-hydrogen) atoms. The largest absolute Gasteiger partial charge is 0.350 e. The van der Waals surface area contributed by atoms with Gasteiger partial charge in [-0.3, -0.25) is 9.69 Å². The Bertz CT molecular complexity index is 630. The van der Waals surface area contributed by atoms with Gasteiger partial charge in [0.2, 0.25) is 15.9 Å². The van der Waals surface area contributed by atoms with Gasteiger partial charge in [-0.1, -0.05) is 18.2 Å². The average molecular weight is 339 g/mol. The molecule has 1 aliphatic rings. The van der Waals surface area contributed by atoms with Gasteiger partial charge in [0.25, 0.3) is 0 Å². The molecule has 1 aromatic rings. The molecule has 1 aromatic carbocycles. The highest BCUT2D eigenvalue weighted by atomic mass is 32.2. The molecule has 1 amide bonds. The van der Waals surface area contributed by atoms with Crippen molar-refractivity contribution in [1.29, 1.82) is 0 Å². The van der Waals surface area contributed by atoms with Gasteiger partial charge in [0.05, 0.1) is 11.4 Å². The quantitative estimate of drug-likeness (QED) is 0.885. The summed E-state index contributed by atoms with van der Waals surface area (Å²) < 4.78 is 26.6. The van der Waals surface area contributed by atoms with Crippen molar-refractivity contribution in [2.24, 2.45) is 0 Å². The number of nitrogens with one attached hydrogen (secondary N) is 1. The summed E-state index contributed by atoms with van der Waals surface area (Å²) in [6.45, 7) is 8.05. The Kier molecular flexibility index (Phi) is 5.44. The molecule has 1 N–H and O–H groups in total. The number of hydrogen-bond donors (Lipinski definition) is 1. The maximum atomic E-state index is 12.5. The first-order chi connectivity index (χ1) is 10.7. The number of amides is 1. The van der Waals surface area contributed by atoms with E-state index >= 15 is 0 Å². The number of rotatable bonds is 4.